The Hall–Kier alpha value is -1.60. The van der Waals surface area contributed by atoms with Gasteiger partial charge in [0.15, 0.2) is 0 Å². The quantitative estimate of drug-likeness (QED) is 0.808. The van der Waals surface area contributed by atoms with E-state index >= 15 is 0 Å². The Morgan fingerprint density at radius 1 is 0.625 bits per heavy atom. The van der Waals surface area contributed by atoms with Gasteiger partial charge in [-0.25, -0.2) is 0 Å². The third-order valence-corrected chi connectivity index (χ3v) is 3.44. The highest BCUT2D eigenvalue weighted by molar-refractivity contribution is 5.41. The summed E-state index contributed by atoms with van der Waals surface area (Å²) in [5.41, 5.74) is 8.90. The highest BCUT2D eigenvalue weighted by atomic mass is 14.8. The third kappa shape index (κ3) is 1.54. The van der Waals surface area contributed by atoms with Crippen molar-refractivity contribution in [2.24, 2.45) is 5.73 Å². The van der Waals surface area contributed by atoms with Crippen molar-refractivity contribution in [3.8, 4) is 0 Å². The Kier molecular flexibility index (Phi) is 2.26. The van der Waals surface area contributed by atoms with Gasteiger partial charge >= 0.3 is 0 Å². The highest BCUT2D eigenvalue weighted by Gasteiger charge is 2.48. The lowest BCUT2D eigenvalue weighted by Crippen LogP contribution is -2.02. The van der Waals surface area contributed by atoms with Crippen molar-refractivity contribution in [3.05, 3.63) is 71.8 Å². The van der Waals surface area contributed by atoms with Crippen LogP contribution in [0.5, 0.6) is 0 Å². The van der Waals surface area contributed by atoms with Gasteiger partial charge in [0.1, 0.15) is 0 Å². The van der Waals surface area contributed by atoms with Crippen molar-refractivity contribution < 1.29 is 0 Å². The second-order valence-corrected chi connectivity index (χ2v) is 4.45. The lowest BCUT2D eigenvalue weighted by atomic mass is 10.0. The van der Waals surface area contributed by atoms with E-state index in [-0.39, 0.29) is 6.04 Å². The summed E-state index contributed by atoms with van der Waals surface area (Å²) in [6.45, 7) is 0. The Morgan fingerprint density at radius 2 is 1.00 bits per heavy atom. The second-order valence-electron chi connectivity index (χ2n) is 4.45. The van der Waals surface area contributed by atoms with E-state index in [2.05, 4.69) is 60.7 Å². The van der Waals surface area contributed by atoms with Gasteiger partial charge in [-0.1, -0.05) is 60.7 Å². The van der Waals surface area contributed by atoms with Crippen LogP contribution in [0.1, 0.15) is 23.0 Å². The molecule has 16 heavy (non-hydrogen) atoms. The zero-order valence-corrected chi connectivity index (χ0v) is 9.08. The SMILES string of the molecule is N[C@@H]1[C@@H](c2ccccc2)[C@H]1c1ccccc1. The molecule has 0 aliphatic heterocycles. The van der Waals surface area contributed by atoms with Gasteiger partial charge in [0, 0.05) is 17.9 Å². The van der Waals surface area contributed by atoms with Crippen molar-refractivity contribution >= 4 is 0 Å². The predicted octanol–water partition coefficient (Wildman–Crippen LogP) is 2.89. The van der Waals surface area contributed by atoms with E-state index in [0.717, 1.165) is 0 Å². The molecule has 1 nitrogen and oxygen atoms in total. The number of benzene rings is 2. The van der Waals surface area contributed by atoms with E-state index < -0.39 is 0 Å². The van der Waals surface area contributed by atoms with Crippen molar-refractivity contribution in [1.29, 1.82) is 0 Å². The molecule has 2 N–H and O–H groups in total. The normalized spacial score (nSPS) is 27.7. The lowest BCUT2D eigenvalue weighted by Gasteiger charge is -1.99. The van der Waals surface area contributed by atoms with Crippen LogP contribution in [0.4, 0.5) is 0 Å². The molecule has 0 unspecified atom stereocenters. The van der Waals surface area contributed by atoms with Gasteiger partial charge in [-0.3, -0.25) is 0 Å². The lowest BCUT2D eigenvalue weighted by molar-refractivity contribution is 0.982. The number of hydrogen-bond donors (Lipinski definition) is 1. The van der Waals surface area contributed by atoms with Gasteiger partial charge in [0.25, 0.3) is 0 Å². The Morgan fingerprint density at radius 3 is 1.38 bits per heavy atom. The first-order chi connectivity index (χ1) is 7.88. The average molecular weight is 209 g/mol. The molecular formula is C15H15N. The summed E-state index contributed by atoms with van der Waals surface area (Å²) in [7, 11) is 0. The van der Waals surface area contributed by atoms with E-state index in [9.17, 15) is 0 Å². The second kappa shape index (κ2) is 3.76. The van der Waals surface area contributed by atoms with Gasteiger partial charge < -0.3 is 5.73 Å². The monoisotopic (exact) mass is 209 g/mol. The molecule has 1 aliphatic rings. The Bertz CT molecular complexity index is 418. The molecule has 0 saturated heterocycles. The summed E-state index contributed by atoms with van der Waals surface area (Å²) >= 11 is 0. The third-order valence-electron chi connectivity index (χ3n) is 3.44. The standard InChI is InChI=1S/C15H15N/c16-15-13(11-7-3-1-4-8-11)14(15)12-9-5-2-6-10-12/h1-10,13-15H,16H2/t13-,14+,15+. The fourth-order valence-corrected chi connectivity index (χ4v) is 2.54. The summed E-state index contributed by atoms with van der Waals surface area (Å²) in [5.74, 6) is 1.01. The molecule has 2 aromatic rings. The van der Waals surface area contributed by atoms with Crippen molar-refractivity contribution in [1.82, 2.24) is 0 Å². The first-order valence-corrected chi connectivity index (χ1v) is 5.73. The van der Waals surface area contributed by atoms with Crippen LogP contribution in [0.2, 0.25) is 0 Å². The van der Waals surface area contributed by atoms with Crippen LogP contribution < -0.4 is 5.73 Å². The molecule has 3 rings (SSSR count). The van der Waals surface area contributed by atoms with Crippen LogP contribution in [-0.2, 0) is 0 Å². The van der Waals surface area contributed by atoms with Gasteiger partial charge in [-0.15, -0.1) is 0 Å². The van der Waals surface area contributed by atoms with Crippen LogP contribution in [0, 0.1) is 0 Å². The zero-order chi connectivity index (χ0) is 11.0. The summed E-state index contributed by atoms with van der Waals surface area (Å²) < 4.78 is 0. The summed E-state index contributed by atoms with van der Waals surface area (Å²) in [6.07, 6.45) is 0. The maximum absolute atomic E-state index is 6.17. The molecule has 0 amide bonds. The molecule has 1 aliphatic carbocycles. The van der Waals surface area contributed by atoms with Crippen LogP contribution in [0.25, 0.3) is 0 Å². The minimum atomic E-state index is 0.282. The topological polar surface area (TPSA) is 26.0 Å². The van der Waals surface area contributed by atoms with E-state index in [1.807, 2.05) is 0 Å². The van der Waals surface area contributed by atoms with Crippen LogP contribution in [0.15, 0.2) is 60.7 Å². The minimum Gasteiger partial charge on any atom is -0.327 e. The number of hydrogen-bond acceptors (Lipinski definition) is 1. The molecule has 1 fully saturated rings. The molecule has 1 saturated carbocycles. The number of rotatable bonds is 2. The molecule has 0 aromatic heterocycles. The molecule has 0 heterocycles. The minimum absolute atomic E-state index is 0.282. The maximum atomic E-state index is 6.17. The summed E-state index contributed by atoms with van der Waals surface area (Å²) in [5, 5.41) is 0. The van der Waals surface area contributed by atoms with Gasteiger partial charge in [-0.05, 0) is 11.1 Å². The molecule has 0 radical (unpaired) electrons. The average Bonchev–Trinajstić information content (AvgIpc) is 3.03. The number of nitrogens with two attached hydrogens (primary N) is 1. The highest BCUT2D eigenvalue weighted by Crippen LogP contribution is 2.53. The molecule has 80 valence electrons. The van der Waals surface area contributed by atoms with Gasteiger partial charge in [0.2, 0.25) is 0 Å². The Balaban J connectivity index is 1.87. The predicted molar refractivity (Wildman–Crippen MR) is 66.3 cm³/mol. The smallest absolute Gasteiger partial charge is 0.0190 e. The Labute approximate surface area is 95.9 Å². The molecular weight excluding hydrogens is 194 g/mol. The fourth-order valence-electron chi connectivity index (χ4n) is 2.54. The zero-order valence-electron chi connectivity index (χ0n) is 9.08. The summed E-state index contributed by atoms with van der Waals surface area (Å²) in [4.78, 5) is 0. The van der Waals surface area contributed by atoms with Crippen molar-refractivity contribution in [2.45, 2.75) is 17.9 Å². The molecule has 0 spiro atoms. The largest absolute Gasteiger partial charge is 0.327 e. The van der Waals surface area contributed by atoms with Crippen LogP contribution in [0.3, 0.4) is 0 Å². The maximum Gasteiger partial charge on any atom is 0.0190 e. The van der Waals surface area contributed by atoms with Gasteiger partial charge in [0.05, 0.1) is 0 Å². The van der Waals surface area contributed by atoms with Crippen molar-refractivity contribution in [2.75, 3.05) is 0 Å². The molecule has 0 bridgehead atoms. The van der Waals surface area contributed by atoms with E-state index in [0.29, 0.717) is 11.8 Å². The first kappa shape index (κ1) is 9.61. The van der Waals surface area contributed by atoms with Crippen LogP contribution in [-0.4, -0.2) is 6.04 Å². The summed E-state index contributed by atoms with van der Waals surface area (Å²) in [6, 6.07) is 21.4. The van der Waals surface area contributed by atoms with Crippen molar-refractivity contribution in [3.63, 3.8) is 0 Å². The fraction of sp³-hybridized carbons (Fsp3) is 0.200. The first-order valence-electron chi connectivity index (χ1n) is 5.73. The van der Waals surface area contributed by atoms with Gasteiger partial charge in [-0.2, -0.15) is 0 Å². The van der Waals surface area contributed by atoms with E-state index in [4.69, 9.17) is 5.73 Å². The van der Waals surface area contributed by atoms with Crippen LogP contribution >= 0.6 is 0 Å². The molecule has 2 aromatic carbocycles. The molecule has 3 atom stereocenters. The van der Waals surface area contributed by atoms with E-state index in [1.165, 1.54) is 11.1 Å². The van der Waals surface area contributed by atoms with E-state index in [1.54, 1.807) is 0 Å². The molecule has 1 heteroatoms.